The van der Waals surface area contributed by atoms with E-state index < -0.39 is 18.7 Å². The highest BCUT2D eigenvalue weighted by Gasteiger charge is 2.04. The fraction of sp³-hybridized carbons (Fsp3) is 0.250. The molecule has 0 heterocycles. The highest BCUT2D eigenvalue weighted by Crippen LogP contribution is 1.93. The van der Waals surface area contributed by atoms with E-state index >= 15 is 0 Å². The summed E-state index contributed by atoms with van der Waals surface area (Å²) in [7, 11) is 0. The molecule has 0 aliphatic carbocycles. The van der Waals surface area contributed by atoms with Crippen LogP contribution in [0.3, 0.4) is 0 Å². The molecule has 0 unspecified atom stereocenters. The number of hydrogen-bond acceptors (Lipinski definition) is 2. The predicted molar refractivity (Wildman–Crippen MR) is 22.3 cm³/mol. The Kier molecular flexibility index (Phi) is 2.76. The zero-order chi connectivity index (χ0) is 6.57. The fourth-order valence-corrected chi connectivity index (χ4v) is 0.128. The van der Waals surface area contributed by atoms with Gasteiger partial charge in [0.2, 0.25) is 12.7 Å². The first-order valence-electron chi connectivity index (χ1n) is 1.76. The number of esters is 1. The number of rotatable bonds is 2. The lowest BCUT2D eigenvalue weighted by Gasteiger charge is -1.91. The number of halogens is 2. The van der Waals surface area contributed by atoms with Gasteiger partial charge in [0.25, 0.3) is 0 Å². The van der Waals surface area contributed by atoms with Crippen LogP contribution in [0.1, 0.15) is 0 Å². The standard InChI is InChI=1S/C4H4F2O2/c1-3(6)4(7)8-2-5/h1-2H2. The van der Waals surface area contributed by atoms with E-state index in [1.54, 1.807) is 0 Å². The highest BCUT2D eigenvalue weighted by molar-refractivity contribution is 5.85. The smallest absolute Gasteiger partial charge is 0.368 e. The van der Waals surface area contributed by atoms with Crippen LogP contribution < -0.4 is 0 Å². The van der Waals surface area contributed by atoms with Crippen molar-refractivity contribution in [3.8, 4) is 0 Å². The molecular weight excluding hydrogens is 118 g/mol. The van der Waals surface area contributed by atoms with Crippen LogP contribution in [0.5, 0.6) is 0 Å². The summed E-state index contributed by atoms with van der Waals surface area (Å²) in [5.74, 6) is -2.64. The van der Waals surface area contributed by atoms with Gasteiger partial charge in [0.1, 0.15) is 0 Å². The Hall–Kier alpha value is -0.930. The van der Waals surface area contributed by atoms with Crippen LogP contribution in [0.2, 0.25) is 0 Å². The summed E-state index contributed by atoms with van der Waals surface area (Å²) >= 11 is 0. The van der Waals surface area contributed by atoms with E-state index in [1.165, 1.54) is 0 Å². The maximum absolute atomic E-state index is 11.4. The van der Waals surface area contributed by atoms with Gasteiger partial charge in [-0.2, -0.15) is 4.39 Å². The number of carbonyl (C=O) groups is 1. The van der Waals surface area contributed by atoms with Crippen molar-refractivity contribution in [2.24, 2.45) is 0 Å². The van der Waals surface area contributed by atoms with Crippen molar-refractivity contribution in [2.45, 2.75) is 0 Å². The van der Waals surface area contributed by atoms with Crippen molar-refractivity contribution in [3.63, 3.8) is 0 Å². The molecule has 0 aromatic heterocycles. The number of hydrogen-bond donors (Lipinski definition) is 0. The van der Waals surface area contributed by atoms with E-state index in [9.17, 15) is 13.6 Å². The molecule has 0 atom stereocenters. The Balaban J connectivity index is 3.49. The minimum Gasteiger partial charge on any atom is -0.428 e. The first-order valence-corrected chi connectivity index (χ1v) is 1.76. The topological polar surface area (TPSA) is 26.3 Å². The highest BCUT2D eigenvalue weighted by atomic mass is 19.1. The summed E-state index contributed by atoms with van der Waals surface area (Å²) in [5, 5.41) is 0. The zero-order valence-electron chi connectivity index (χ0n) is 3.99. The van der Waals surface area contributed by atoms with Crippen molar-refractivity contribution >= 4 is 5.97 Å². The van der Waals surface area contributed by atoms with E-state index in [4.69, 9.17) is 0 Å². The largest absolute Gasteiger partial charge is 0.428 e. The first-order chi connectivity index (χ1) is 3.68. The van der Waals surface area contributed by atoms with Crippen LogP contribution in [-0.4, -0.2) is 12.8 Å². The van der Waals surface area contributed by atoms with Crippen LogP contribution in [0.15, 0.2) is 12.4 Å². The van der Waals surface area contributed by atoms with Crippen molar-refractivity contribution in [1.29, 1.82) is 0 Å². The van der Waals surface area contributed by atoms with Gasteiger partial charge in [0, 0.05) is 0 Å². The van der Waals surface area contributed by atoms with E-state index in [1.807, 2.05) is 0 Å². The van der Waals surface area contributed by atoms with Crippen LogP contribution in [0.25, 0.3) is 0 Å². The lowest BCUT2D eigenvalue weighted by atomic mass is 10.6. The summed E-state index contributed by atoms with van der Waals surface area (Å²) < 4.78 is 25.9. The van der Waals surface area contributed by atoms with Crippen LogP contribution in [-0.2, 0) is 9.53 Å². The Bertz CT molecular complexity index is 111. The van der Waals surface area contributed by atoms with E-state index in [0.717, 1.165) is 0 Å². The molecule has 0 radical (unpaired) electrons. The summed E-state index contributed by atoms with van der Waals surface area (Å²) in [5.41, 5.74) is 0. The molecule has 4 heteroatoms. The second-order valence-corrected chi connectivity index (χ2v) is 0.946. The van der Waals surface area contributed by atoms with Gasteiger partial charge in [-0.05, 0) is 0 Å². The van der Waals surface area contributed by atoms with Crippen molar-refractivity contribution in [1.82, 2.24) is 0 Å². The van der Waals surface area contributed by atoms with Crippen LogP contribution in [0, 0.1) is 0 Å². The Morgan fingerprint density at radius 2 is 2.25 bits per heavy atom. The number of carbonyl (C=O) groups excluding carboxylic acids is 1. The quantitative estimate of drug-likeness (QED) is 0.402. The van der Waals surface area contributed by atoms with Crippen molar-refractivity contribution < 1.29 is 18.3 Å². The molecule has 0 aliphatic heterocycles. The second-order valence-electron chi connectivity index (χ2n) is 0.946. The third-order valence-electron chi connectivity index (χ3n) is 0.407. The third kappa shape index (κ3) is 2.28. The SMILES string of the molecule is C=C(F)C(=O)OCF. The van der Waals surface area contributed by atoms with Crippen LogP contribution >= 0.6 is 0 Å². The second kappa shape index (κ2) is 3.12. The monoisotopic (exact) mass is 122 g/mol. The molecule has 2 nitrogen and oxygen atoms in total. The van der Waals surface area contributed by atoms with Gasteiger partial charge in [0.05, 0.1) is 0 Å². The molecule has 0 bridgehead atoms. The molecule has 0 aliphatic rings. The maximum atomic E-state index is 11.4. The van der Waals surface area contributed by atoms with Gasteiger partial charge in [-0.25, -0.2) is 9.18 Å². The van der Waals surface area contributed by atoms with Gasteiger partial charge in [0.15, 0.2) is 0 Å². The minimum absolute atomic E-state index is 1.29. The van der Waals surface area contributed by atoms with Crippen LogP contribution in [0.4, 0.5) is 8.78 Å². The molecule has 46 valence electrons. The fourth-order valence-electron chi connectivity index (χ4n) is 0.128. The first kappa shape index (κ1) is 7.07. The predicted octanol–water partition coefficient (Wildman–Crippen LogP) is 0.940. The maximum Gasteiger partial charge on any atom is 0.368 e. The Labute approximate surface area is 44.8 Å². The van der Waals surface area contributed by atoms with Gasteiger partial charge in [-0.15, -0.1) is 0 Å². The average Bonchev–Trinajstić information content (AvgIpc) is 1.67. The molecule has 0 saturated heterocycles. The summed E-state index contributed by atoms with van der Waals surface area (Å²) in [6.45, 7) is 1.25. The molecule has 0 saturated carbocycles. The Morgan fingerprint density at radius 1 is 1.75 bits per heavy atom. The molecule has 0 amide bonds. The van der Waals surface area contributed by atoms with Gasteiger partial charge >= 0.3 is 5.97 Å². The molecule has 0 rings (SSSR count). The summed E-state index contributed by atoms with van der Waals surface area (Å²) in [6.07, 6.45) is 0. The number of ether oxygens (including phenoxy) is 1. The molecule has 0 aromatic carbocycles. The summed E-state index contributed by atoms with van der Waals surface area (Å²) in [6, 6.07) is 0. The van der Waals surface area contributed by atoms with Crippen molar-refractivity contribution in [2.75, 3.05) is 6.86 Å². The minimum atomic E-state index is -1.35. The summed E-state index contributed by atoms with van der Waals surface area (Å²) in [4.78, 5) is 9.81. The molecule has 8 heavy (non-hydrogen) atoms. The molecule has 0 aromatic rings. The van der Waals surface area contributed by atoms with E-state index in [0.29, 0.717) is 0 Å². The number of alkyl halides is 1. The van der Waals surface area contributed by atoms with Gasteiger partial charge < -0.3 is 4.74 Å². The lowest BCUT2D eigenvalue weighted by molar-refractivity contribution is -0.144. The normalized spacial score (nSPS) is 8.25. The Morgan fingerprint density at radius 3 is 2.38 bits per heavy atom. The molecule has 0 fully saturated rings. The van der Waals surface area contributed by atoms with E-state index in [-0.39, 0.29) is 0 Å². The van der Waals surface area contributed by atoms with Crippen molar-refractivity contribution in [3.05, 3.63) is 12.4 Å². The van der Waals surface area contributed by atoms with Gasteiger partial charge in [-0.3, -0.25) is 0 Å². The molecular formula is C4H4F2O2. The lowest BCUT2D eigenvalue weighted by Crippen LogP contribution is -2.01. The zero-order valence-corrected chi connectivity index (χ0v) is 3.99. The van der Waals surface area contributed by atoms with Gasteiger partial charge in [-0.1, -0.05) is 6.58 Å². The average molecular weight is 122 g/mol. The molecule has 0 spiro atoms. The third-order valence-corrected chi connectivity index (χ3v) is 0.407. The molecule has 0 N–H and O–H groups in total. The van der Waals surface area contributed by atoms with E-state index in [2.05, 4.69) is 11.3 Å².